The van der Waals surface area contributed by atoms with E-state index in [4.69, 9.17) is 9.26 Å². The number of nitrogens with zero attached hydrogens (tertiary/aromatic N) is 2. The summed E-state index contributed by atoms with van der Waals surface area (Å²) in [4.78, 5) is 28.0. The van der Waals surface area contributed by atoms with Crippen LogP contribution in [0.25, 0.3) is 11.5 Å². The molecule has 0 saturated heterocycles. The zero-order chi connectivity index (χ0) is 18.4. The Morgan fingerprint density at radius 2 is 2.12 bits per heavy atom. The van der Waals surface area contributed by atoms with Crippen molar-refractivity contribution in [1.82, 2.24) is 15.5 Å². The third-order valence-corrected chi connectivity index (χ3v) is 4.29. The summed E-state index contributed by atoms with van der Waals surface area (Å²) in [6, 6.07) is 9.13. The van der Waals surface area contributed by atoms with E-state index in [0.29, 0.717) is 17.3 Å². The first-order chi connectivity index (χ1) is 12.6. The van der Waals surface area contributed by atoms with Crippen LogP contribution < -0.4 is 5.32 Å². The lowest BCUT2D eigenvalue weighted by molar-refractivity contribution is -0.145. The van der Waals surface area contributed by atoms with E-state index < -0.39 is 5.97 Å². The van der Waals surface area contributed by atoms with Gasteiger partial charge in [0.15, 0.2) is 6.61 Å². The Balaban J connectivity index is 1.41. The first-order valence-electron chi connectivity index (χ1n) is 7.98. The zero-order valence-electron chi connectivity index (χ0n) is 14.1. The van der Waals surface area contributed by atoms with Crippen LogP contribution in [-0.4, -0.2) is 28.6 Å². The maximum atomic E-state index is 12.0. The molecule has 1 amide bonds. The van der Waals surface area contributed by atoms with Crippen molar-refractivity contribution in [3.8, 4) is 11.5 Å². The fraction of sp³-hybridized carbons (Fsp3) is 0.222. The van der Waals surface area contributed by atoms with Gasteiger partial charge in [-0.25, -0.2) is 0 Å². The minimum Gasteiger partial charge on any atom is -0.457 e. The SMILES string of the molecule is Cc1ccccc1C(=O)NCCC(=O)OCc1noc(-c2ccsc2)n1. The Labute approximate surface area is 154 Å². The standard InChI is InChI=1S/C18H17N3O4S/c1-12-4-2-3-5-14(12)17(23)19-8-6-16(22)24-10-15-20-18(25-21-15)13-7-9-26-11-13/h2-5,7,9,11H,6,8,10H2,1H3,(H,19,23). The first-order valence-corrected chi connectivity index (χ1v) is 8.92. The zero-order valence-corrected chi connectivity index (χ0v) is 14.9. The van der Waals surface area contributed by atoms with Gasteiger partial charge in [-0.1, -0.05) is 23.4 Å². The molecule has 0 radical (unpaired) electrons. The van der Waals surface area contributed by atoms with Crippen molar-refractivity contribution in [2.45, 2.75) is 20.0 Å². The van der Waals surface area contributed by atoms with Crippen molar-refractivity contribution in [3.05, 3.63) is 58.0 Å². The molecule has 1 N–H and O–H groups in total. The van der Waals surface area contributed by atoms with Crippen molar-refractivity contribution in [1.29, 1.82) is 0 Å². The smallest absolute Gasteiger partial charge is 0.308 e. The second kappa shape index (κ2) is 8.39. The highest BCUT2D eigenvalue weighted by Crippen LogP contribution is 2.19. The first kappa shape index (κ1) is 17.8. The second-order valence-corrected chi connectivity index (χ2v) is 6.29. The molecule has 8 heteroatoms. The van der Waals surface area contributed by atoms with Gasteiger partial charge in [-0.05, 0) is 30.0 Å². The van der Waals surface area contributed by atoms with E-state index in [1.165, 1.54) is 11.3 Å². The topological polar surface area (TPSA) is 94.3 Å². The van der Waals surface area contributed by atoms with E-state index in [0.717, 1.165) is 11.1 Å². The molecule has 0 spiro atoms. The van der Waals surface area contributed by atoms with Gasteiger partial charge in [0.1, 0.15) is 0 Å². The quantitative estimate of drug-likeness (QED) is 0.642. The van der Waals surface area contributed by atoms with Crippen LogP contribution in [0, 0.1) is 6.92 Å². The molecule has 134 valence electrons. The molecule has 7 nitrogen and oxygen atoms in total. The Kier molecular flexibility index (Phi) is 5.75. The van der Waals surface area contributed by atoms with Gasteiger partial charge < -0.3 is 14.6 Å². The molecule has 3 rings (SSSR count). The highest BCUT2D eigenvalue weighted by Gasteiger charge is 2.12. The lowest BCUT2D eigenvalue weighted by Gasteiger charge is -2.07. The number of carbonyl (C=O) groups is 2. The number of aryl methyl sites for hydroxylation is 1. The van der Waals surface area contributed by atoms with Crippen molar-refractivity contribution < 1.29 is 18.8 Å². The summed E-state index contributed by atoms with van der Waals surface area (Å²) in [6.07, 6.45) is 0.0624. The summed E-state index contributed by atoms with van der Waals surface area (Å²) in [5.74, 6) is 0.0257. The van der Waals surface area contributed by atoms with Crippen LogP contribution in [-0.2, 0) is 16.1 Å². The van der Waals surface area contributed by atoms with Gasteiger partial charge in [-0.15, -0.1) is 0 Å². The van der Waals surface area contributed by atoms with Crippen LogP contribution in [0.2, 0.25) is 0 Å². The highest BCUT2D eigenvalue weighted by molar-refractivity contribution is 7.08. The molecule has 0 unspecified atom stereocenters. The van der Waals surface area contributed by atoms with Crippen LogP contribution in [0.15, 0.2) is 45.6 Å². The molecule has 0 aliphatic heterocycles. The number of benzene rings is 1. The number of esters is 1. The Hall–Kier alpha value is -3.00. The molecule has 26 heavy (non-hydrogen) atoms. The summed E-state index contributed by atoms with van der Waals surface area (Å²) >= 11 is 1.52. The average Bonchev–Trinajstić information content (AvgIpc) is 3.31. The van der Waals surface area contributed by atoms with Gasteiger partial charge in [-0.3, -0.25) is 9.59 Å². The van der Waals surface area contributed by atoms with Crippen molar-refractivity contribution in [2.24, 2.45) is 0 Å². The summed E-state index contributed by atoms with van der Waals surface area (Å²) in [6.45, 7) is 1.98. The molecule has 1 aromatic carbocycles. The number of nitrogens with one attached hydrogen (secondary N) is 1. The van der Waals surface area contributed by atoms with Crippen LogP contribution in [0.1, 0.15) is 28.2 Å². The van der Waals surface area contributed by atoms with Gasteiger partial charge in [-0.2, -0.15) is 16.3 Å². The van der Waals surface area contributed by atoms with Gasteiger partial charge >= 0.3 is 5.97 Å². The molecule has 3 aromatic rings. The molecule has 0 aliphatic rings. The van der Waals surface area contributed by atoms with Crippen molar-refractivity contribution in [3.63, 3.8) is 0 Å². The number of thiophene rings is 1. The highest BCUT2D eigenvalue weighted by atomic mass is 32.1. The molecule has 2 aromatic heterocycles. The predicted molar refractivity (Wildman–Crippen MR) is 95.5 cm³/mol. The lowest BCUT2D eigenvalue weighted by atomic mass is 10.1. The Morgan fingerprint density at radius 1 is 1.27 bits per heavy atom. The molecular weight excluding hydrogens is 354 g/mol. The molecule has 0 saturated carbocycles. The lowest BCUT2D eigenvalue weighted by Crippen LogP contribution is -2.27. The van der Waals surface area contributed by atoms with Crippen LogP contribution in [0.5, 0.6) is 0 Å². The number of amides is 1. The van der Waals surface area contributed by atoms with Gasteiger partial charge in [0, 0.05) is 17.5 Å². The van der Waals surface area contributed by atoms with Crippen molar-refractivity contribution in [2.75, 3.05) is 6.54 Å². The molecule has 0 fully saturated rings. The van der Waals surface area contributed by atoms with E-state index in [1.807, 2.05) is 35.9 Å². The van der Waals surface area contributed by atoms with E-state index in [9.17, 15) is 9.59 Å². The number of hydrogen-bond acceptors (Lipinski definition) is 7. The number of hydrogen-bond donors (Lipinski definition) is 1. The minimum absolute atomic E-state index is 0.0624. The van der Waals surface area contributed by atoms with Gasteiger partial charge in [0.2, 0.25) is 5.82 Å². The summed E-state index contributed by atoms with van der Waals surface area (Å²) in [7, 11) is 0. The third-order valence-electron chi connectivity index (χ3n) is 3.60. The average molecular weight is 371 g/mol. The summed E-state index contributed by atoms with van der Waals surface area (Å²) < 4.78 is 10.2. The molecule has 0 atom stereocenters. The molecule has 0 bridgehead atoms. The third kappa shape index (κ3) is 4.54. The molecule has 2 heterocycles. The van der Waals surface area contributed by atoms with Crippen molar-refractivity contribution >= 4 is 23.2 Å². The summed E-state index contributed by atoms with van der Waals surface area (Å²) in [5, 5.41) is 10.3. The Bertz CT molecular complexity index is 889. The molecule has 0 aliphatic carbocycles. The van der Waals surface area contributed by atoms with E-state index in [-0.39, 0.29) is 25.5 Å². The van der Waals surface area contributed by atoms with Crippen LogP contribution in [0.4, 0.5) is 0 Å². The number of carbonyl (C=O) groups excluding carboxylic acids is 2. The maximum Gasteiger partial charge on any atom is 0.308 e. The summed E-state index contributed by atoms with van der Waals surface area (Å²) in [5.41, 5.74) is 2.30. The predicted octanol–water partition coefficient (Wildman–Crippen LogP) is 2.97. The monoisotopic (exact) mass is 371 g/mol. The van der Waals surface area contributed by atoms with Gasteiger partial charge in [0.05, 0.1) is 12.0 Å². The number of rotatable bonds is 7. The van der Waals surface area contributed by atoms with E-state index in [2.05, 4.69) is 15.5 Å². The fourth-order valence-electron chi connectivity index (χ4n) is 2.23. The van der Waals surface area contributed by atoms with Crippen LogP contribution >= 0.6 is 11.3 Å². The minimum atomic E-state index is -0.447. The largest absolute Gasteiger partial charge is 0.457 e. The normalized spacial score (nSPS) is 10.5. The van der Waals surface area contributed by atoms with Gasteiger partial charge in [0.25, 0.3) is 11.8 Å². The maximum absolute atomic E-state index is 12.0. The number of aromatic nitrogens is 2. The van der Waals surface area contributed by atoms with Crippen LogP contribution in [0.3, 0.4) is 0 Å². The second-order valence-electron chi connectivity index (χ2n) is 5.51. The van der Waals surface area contributed by atoms with E-state index in [1.54, 1.807) is 12.1 Å². The number of ether oxygens (including phenoxy) is 1. The fourth-order valence-corrected chi connectivity index (χ4v) is 2.86. The Morgan fingerprint density at radius 3 is 2.88 bits per heavy atom. The van der Waals surface area contributed by atoms with E-state index >= 15 is 0 Å². The molecular formula is C18H17N3O4S.